The minimum atomic E-state index is -3.53. The Bertz CT molecular complexity index is 589. The van der Waals surface area contributed by atoms with Gasteiger partial charge in [-0.15, -0.1) is 0 Å². The monoisotopic (exact) mass is 342 g/mol. The maximum absolute atomic E-state index is 12.9. The van der Waals surface area contributed by atoms with Crippen molar-refractivity contribution in [3.8, 4) is 5.75 Å². The van der Waals surface area contributed by atoms with E-state index in [1.807, 2.05) is 0 Å². The first kappa shape index (κ1) is 18.2. The number of hydrogen-bond donors (Lipinski definition) is 1. The summed E-state index contributed by atoms with van der Waals surface area (Å²) in [7, 11) is -1.92. The summed E-state index contributed by atoms with van der Waals surface area (Å²) in [5.41, 5.74) is 5.81. The number of piperidine rings is 1. The first-order valence-electron chi connectivity index (χ1n) is 7.94. The van der Waals surface area contributed by atoms with Gasteiger partial charge in [0.05, 0.1) is 11.5 Å². The third kappa shape index (κ3) is 4.23. The molecule has 1 aromatic carbocycles. The number of methoxy groups -OCH3 is 1. The molecule has 1 heterocycles. The molecule has 0 saturated carbocycles. The van der Waals surface area contributed by atoms with Crippen LogP contribution in [0.15, 0.2) is 29.2 Å². The zero-order valence-corrected chi connectivity index (χ0v) is 14.6. The second kappa shape index (κ2) is 8.10. The molecule has 130 valence electrons. The molecule has 2 N–H and O–H groups in total. The number of sulfonamides is 1. The predicted molar refractivity (Wildman–Crippen MR) is 88.9 cm³/mol. The fourth-order valence-corrected chi connectivity index (χ4v) is 4.72. The van der Waals surface area contributed by atoms with Gasteiger partial charge in [-0.2, -0.15) is 4.31 Å². The van der Waals surface area contributed by atoms with Crippen molar-refractivity contribution in [2.24, 2.45) is 11.7 Å². The van der Waals surface area contributed by atoms with Crippen molar-refractivity contribution in [3.05, 3.63) is 24.3 Å². The van der Waals surface area contributed by atoms with Crippen LogP contribution in [0.3, 0.4) is 0 Å². The van der Waals surface area contributed by atoms with Gasteiger partial charge in [-0.1, -0.05) is 6.92 Å². The Morgan fingerprint density at radius 1 is 1.26 bits per heavy atom. The van der Waals surface area contributed by atoms with Gasteiger partial charge in [-0.25, -0.2) is 8.42 Å². The van der Waals surface area contributed by atoms with Crippen LogP contribution in [0.5, 0.6) is 5.75 Å². The van der Waals surface area contributed by atoms with Crippen molar-refractivity contribution >= 4 is 10.0 Å². The van der Waals surface area contributed by atoms with Gasteiger partial charge in [-0.05, 0) is 43.0 Å². The normalized spacial score (nSPS) is 22.9. The summed E-state index contributed by atoms with van der Waals surface area (Å²) in [6, 6.07) is 6.39. The Balaban J connectivity index is 2.15. The Morgan fingerprint density at radius 3 is 2.57 bits per heavy atom. The molecule has 23 heavy (non-hydrogen) atoms. The van der Waals surface area contributed by atoms with Crippen molar-refractivity contribution in [2.45, 2.75) is 30.7 Å². The molecule has 0 aromatic heterocycles. The lowest BCUT2D eigenvalue weighted by molar-refractivity contribution is 0.146. The van der Waals surface area contributed by atoms with Crippen molar-refractivity contribution < 1.29 is 17.9 Å². The lowest BCUT2D eigenvalue weighted by Gasteiger charge is -2.38. The van der Waals surface area contributed by atoms with Gasteiger partial charge in [0.2, 0.25) is 10.0 Å². The molecular formula is C16H26N2O4S. The first-order chi connectivity index (χ1) is 11.0. The molecule has 0 spiro atoms. The quantitative estimate of drug-likeness (QED) is 0.759. The predicted octanol–water partition coefficient (Wildman–Crippen LogP) is 1.46. The second-order valence-electron chi connectivity index (χ2n) is 5.85. The Kier molecular flexibility index (Phi) is 6.41. The summed E-state index contributed by atoms with van der Waals surface area (Å²) in [4.78, 5) is 0.282. The summed E-state index contributed by atoms with van der Waals surface area (Å²) >= 11 is 0. The topological polar surface area (TPSA) is 81.9 Å². The lowest BCUT2D eigenvalue weighted by atomic mass is 9.93. The number of nitrogens with two attached hydrogens (primary N) is 1. The molecule has 2 atom stereocenters. The highest BCUT2D eigenvalue weighted by molar-refractivity contribution is 7.89. The van der Waals surface area contributed by atoms with Gasteiger partial charge in [0.15, 0.2) is 0 Å². The molecule has 1 saturated heterocycles. The molecule has 2 rings (SSSR count). The smallest absolute Gasteiger partial charge is 0.243 e. The van der Waals surface area contributed by atoms with Crippen molar-refractivity contribution in [1.29, 1.82) is 0 Å². The molecule has 1 aliphatic rings. The average molecular weight is 342 g/mol. The maximum atomic E-state index is 12.9. The van der Waals surface area contributed by atoms with E-state index in [9.17, 15) is 8.42 Å². The zero-order chi connectivity index (χ0) is 16.9. The van der Waals surface area contributed by atoms with E-state index in [1.54, 1.807) is 35.7 Å². The summed E-state index contributed by atoms with van der Waals surface area (Å²) in [6.07, 6.45) is 1.88. The minimum absolute atomic E-state index is 0.133. The Labute approximate surface area is 138 Å². The maximum Gasteiger partial charge on any atom is 0.243 e. The number of rotatable bonds is 7. The van der Waals surface area contributed by atoms with Gasteiger partial charge < -0.3 is 15.2 Å². The fraction of sp³-hybridized carbons (Fsp3) is 0.625. The van der Waals surface area contributed by atoms with Crippen LogP contribution in [0.1, 0.15) is 19.8 Å². The number of benzene rings is 1. The van der Waals surface area contributed by atoms with Crippen LogP contribution in [-0.4, -0.2) is 52.2 Å². The second-order valence-corrected chi connectivity index (χ2v) is 7.74. The first-order valence-corrected chi connectivity index (χ1v) is 9.38. The third-order valence-electron chi connectivity index (χ3n) is 4.29. The lowest BCUT2D eigenvalue weighted by Crippen LogP contribution is -2.51. The third-order valence-corrected chi connectivity index (χ3v) is 6.23. The largest absolute Gasteiger partial charge is 0.491 e. The molecular weight excluding hydrogens is 316 g/mol. The molecule has 0 amide bonds. The molecule has 7 heteroatoms. The number of nitrogens with zero attached hydrogens (tertiary/aromatic N) is 1. The summed E-state index contributed by atoms with van der Waals surface area (Å²) in [5, 5.41) is 0. The number of ether oxygens (including phenoxy) is 2. The molecule has 1 fully saturated rings. The van der Waals surface area contributed by atoms with E-state index < -0.39 is 10.0 Å². The standard InChI is InChI=1S/C16H26N2O4S/c1-13-4-3-9-18(16(13)12-17)23(19,20)15-7-5-14(6-8-15)22-11-10-21-2/h5-8,13,16H,3-4,9-12,17H2,1-2H3/t13-,16-/m0/s1. The molecule has 0 bridgehead atoms. The van der Waals surface area contributed by atoms with E-state index in [2.05, 4.69) is 6.92 Å². The van der Waals surface area contributed by atoms with E-state index in [1.165, 1.54) is 0 Å². The van der Waals surface area contributed by atoms with Crippen LogP contribution in [0.4, 0.5) is 0 Å². The molecule has 1 aliphatic heterocycles. The van der Waals surface area contributed by atoms with Gasteiger partial charge in [0, 0.05) is 26.2 Å². The van der Waals surface area contributed by atoms with Crippen LogP contribution < -0.4 is 10.5 Å². The summed E-state index contributed by atoms with van der Waals surface area (Å²) in [6.45, 7) is 3.86. The molecule has 0 unspecified atom stereocenters. The molecule has 0 aliphatic carbocycles. The van der Waals surface area contributed by atoms with Crippen LogP contribution in [-0.2, 0) is 14.8 Å². The Morgan fingerprint density at radius 2 is 1.96 bits per heavy atom. The molecule has 6 nitrogen and oxygen atoms in total. The zero-order valence-electron chi connectivity index (χ0n) is 13.8. The Hall–Kier alpha value is -1.15. The van der Waals surface area contributed by atoms with Crippen LogP contribution in [0.2, 0.25) is 0 Å². The van der Waals surface area contributed by atoms with E-state index in [4.69, 9.17) is 15.2 Å². The molecule has 1 aromatic rings. The molecule has 0 radical (unpaired) electrons. The van der Waals surface area contributed by atoms with E-state index >= 15 is 0 Å². The van der Waals surface area contributed by atoms with Gasteiger partial charge in [-0.3, -0.25) is 0 Å². The van der Waals surface area contributed by atoms with E-state index in [0.29, 0.717) is 32.1 Å². The van der Waals surface area contributed by atoms with Crippen molar-refractivity contribution in [3.63, 3.8) is 0 Å². The minimum Gasteiger partial charge on any atom is -0.491 e. The van der Waals surface area contributed by atoms with Crippen molar-refractivity contribution in [1.82, 2.24) is 4.31 Å². The van der Waals surface area contributed by atoms with Crippen LogP contribution >= 0.6 is 0 Å². The van der Waals surface area contributed by atoms with Gasteiger partial charge >= 0.3 is 0 Å². The number of hydrogen-bond acceptors (Lipinski definition) is 5. The van der Waals surface area contributed by atoms with Crippen molar-refractivity contribution in [2.75, 3.05) is 33.4 Å². The van der Waals surface area contributed by atoms with Gasteiger partial charge in [0.25, 0.3) is 0 Å². The highest BCUT2D eigenvalue weighted by Crippen LogP contribution is 2.29. The summed E-state index contributed by atoms with van der Waals surface area (Å²) < 4.78 is 37.7. The average Bonchev–Trinajstić information content (AvgIpc) is 2.55. The van der Waals surface area contributed by atoms with Crippen LogP contribution in [0, 0.1) is 5.92 Å². The van der Waals surface area contributed by atoms with E-state index in [-0.39, 0.29) is 16.9 Å². The van der Waals surface area contributed by atoms with Crippen LogP contribution in [0.25, 0.3) is 0 Å². The highest BCUT2D eigenvalue weighted by atomic mass is 32.2. The van der Waals surface area contributed by atoms with E-state index in [0.717, 1.165) is 12.8 Å². The highest BCUT2D eigenvalue weighted by Gasteiger charge is 2.36. The fourth-order valence-electron chi connectivity index (χ4n) is 2.95. The SMILES string of the molecule is COCCOc1ccc(S(=O)(=O)N2CCC[C@H](C)[C@@H]2CN)cc1. The van der Waals surface area contributed by atoms with Gasteiger partial charge in [0.1, 0.15) is 12.4 Å². The summed E-state index contributed by atoms with van der Waals surface area (Å²) in [5.74, 6) is 0.906.